The number of amides is 1. The van der Waals surface area contributed by atoms with Crippen LogP contribution in [0.25, 0.3) is 0 Å². The predicted molar refractivity (Wildman–Crippen MR) is 111 cm³/mol. The van der Waals surface area contributed by atoms with Crippen LogP contribution in [-0.2, 0) is 20.9 Å². The third-order valence-electron chi connectivity index (χ3n) is 4.64. The van der Waals surface area contributed by atoms with Crippen LogP contribution in [0.3, 0.4) is 0 Å². The van der Waals surface area contributed by atoms with E-state index in [4.69, 9.17) is 0 Å². The van der Waals surface area contributed by atoms with Gasteiger partial charge in [-0.2, -0.15) is 5.10 Å². The lowest BCUT2D eigenvalue weighted by molar-refractivity contribution is -0.135. The molecule has 2 aliphatic heterocycles. The van der Waals surface area contributed by atoms with Crippen LogP contribution in [0.15, 0.2) is 45.4 Å². The fraction of sp³-hybridized carbons (Fsp3) is 0.400. The second-order valence-corrected chi connectivity index (χ2v) is 7.95. The first-order chi connectivity index (χ1) is 13.5. The van der Waals surface area contributed by atoms with Crippen molar-refractivity contribution in [3.05, 3.63) is 46.4 Å². The topological polar surface area (TPSA) is 83.4 Å². The number of hydrogen-bond donors (Lipinski definition) is 1. The normalized spacial score (nSPS) is 23.5. The Kier molecular flexibility index (Phi) is 7.00. The summed E-state index contributed by atoms with van der Waals surface area (Å²) in [5, 5.41) is 11.1. The van der Waals surface area contributed by atoms with Gasteiger partial charge in [-0.1, -0.05) is 31.2 Å². The maximum absolute atomic E-state index is 11.8. The third-order valence-corrected chi connectivity index (χ3v) is 5.54. The fourth-order valence-electron chi connectivity index (χ4n) is 3.26. The number of benzene rings is 1. The number of likely N-dealkylation sites (tertiary alicyclic amines) is 1. The number of rotatable bonds is 5. The Morgan fingerprint density at radius 2 is 2.25 bits per heavy atom. The molecule has 28 heavy (non-hydrogen) atoms. The second kappa shape index (κ2) is 9.66. The number of nitrogens with one attached hydrogen (secondary N) is 1. The average Bonchev–Trinajstić information content (AvgIpc) is 3.02. The highest BCUT2D eigenvalue weighted by Crippen LogP contribution is 2.23. The van der Waals surface area contributed by atoms with Crippen molar-refractivity contribution in [2.45, 2.75) is 26.3 Å². The molecule has 0 bridgehead atoms. The Labute approximate surface area is 168 Å². The number of carbonyl (C=O) groups is 2. The van der Waals surface area contributed by atoms with Gasteiger partial charge in [0.1, 0.15) is 0 Å². The molecule has 2 aliphatic rings. The number of carbonyl (C=O) groups excluding carboxylic acids is 2. The van der Waals surface area contributed by atoms with Crippen molar-refractivity contribution >= 4 is 35.0 Å². The summed E-state index contributed by atoms with van der Waals surface area (Å²) in [7, 11) is 1.26. The van der Waals surface area contributed by atoms with Crippen molar-refractivity contribution in [2.75, 3.05) is 20.2 Å². The Morgan fingerprint density at radius 3 is 3.04 bits per heavy atom. The highest BCUT2D eigenvalue weighted by atomic mass is 32.2. The van der Waals surface area contributed by atoms with Gasteiger partial charge in [0.2, 0.25) is 0 Å². The van der Waals surface area contributed by atoms with Gasteiger partial charge in [-0.25, -0.2) is 4.79 Å². The van der Waals surface area contributed by atoms with Crippen molar-refractivity contribution in [2.24, 2.45) is 16.1 Å². The lowest BCUT2D eigenvalue weighted by Gasteiger charge is -2.31. The summed E-state index contributed by atoms with van der Waals surface area (Å²) in [6.45, 7) is 5.43. The predicted octanol–water partition coefficient (Wildman–Crippen LogP) is 2.53. The van der Waals surface area contributed by atoms with E-state index in [-0.39, 0.29) is 10.8 Å². The lowest BCUT2D eigenvalue weighted by Crippen LogP contribution is -2.33. The van der Waals surface area contributed by atoms with Crippen LogP contribution >= 0.6 is 11.8 Å². The van der Waals surface area contributed by atoms with E-state index in [1.165, 1.54) is 25.5 Å². The summed E-state index contributed by atoms with van der Waals surface area (Å²) in [5.41, 5.74) is 2.21. The number of esters is 1. The number of hydrogen-bond acceptors (Lipinski definition) is 7. The Hall–Kier alpha value is -2.45. The molecule has 2 fully saturated rings. The molecule has 7 nitrogen and oxygen atoms in total. The van der Waals surface area contributed by atoms with Gasteiger partial charge in [-0.3, -0.25) is 15.0 Å². The summed E-state index contributed by atoms with van der Waals surface area (Å²) in [4.78, 5) is 25.8. The lowest BCUT2D eigenvalue weighted by atomic mass is 9.99. The molecule has 2 saturated heterocycles. The van der Waals surface area contributed by atoms with Gasteiger partial charge < -0.3 is 4.74 Å². The summed E-state index contributed by atoms with van der Waals surface area (Å²) >= 11 is 1.06. The summed E-state index contributed by atoms with van der Waals surface area (Å²) in [6, 6.07) is 8.12. The molecule has 1 aromatic carbocycles. The zero-order valence-electron chi connectivity index (χ0n) is 16.1. The van der Waals surface area contributed by atoms with E-state index in [1.807, 2.05) is 18.2 Å². The monoisotopic (exact) mass is 400 g/mol. The zero-order valence-corrected chi connectivity index (χ0v) is 16.9. The van der Waals surface area contributed by atoms with E-state index in [0.29, 0.717) is 5.17 Å². The van der Waals surface area contributed by atoms with Crippen molar-refractivity contribution in [1.82, 2.24) is 10.2 Å². The summed E-state index contributed by atoms with van der Waals surface area (Å²) in [6.07, 6.45) is 5.38. The van der Waals surface area contributed by atoms with Crippen molar-refractivity contribution in [3.8, 4) is 0 Å². The first kappa shape index (κ1) is 20.3. The number of nitrogens with zero attached hydrogens (tertiary/aromatic N) is 3. The molecule has 0 saturated carbocycles. The van der Waals surface area contributed by atoms with E-state index in [9.17, 15) is 9.59 Å². The largest absolute Gasteiger partial charge is 0.466 e. The molecule has 148 valence electrons. The molecule has 8 heteroatoms. The van der Waals surface area contributed by atoms with E-state index < -0.39 is 5.97 Å². The molecule has 0 aromatic heterocycles. The molecule has 1 amide bonds. The Balaban J connectivity index is 1.66. The van der Waals surface area contributed by atoms with Crippen LogP contribution < -0.4 is 5.32 Å². The number of ether oxygens (including phenoxy) is 1. The van der Waals surface area contributed by atoms with E-state index in [0.717, 1.165) is 49.0 Å². The molecular formula is C20H24N4O3S. The van der Waals surface area contributed by atoms with Crippen LogP contribution in [0, 0.1) is 5.92 Å². The van der Waals surface area contributed by atoms with Crippen LogP contribution in [0.2, 0.25) is 0 Å². The van der Waals surface area contributed by atoms with Crippen LogP contribution in [0.5, 0.6) is 0 Å². The van der Waals surface area contributed by atoms with Crippen LogP contribution in [-0.4, -0.2) is 48.4 Å². The van der Waals surface area contributed by atoms with Gasteiger partial charge in [-0.15, -0.1) is 5.10 Å². The van der Waals surface area contributed by atoms with Crippen molar-refractivity contribution < 1.29 is 14.3 Å². The molecule has 0 aliphatic carbocycles. The number of methoxy groups -OCH3 is 1. The molecule has 0 radical (unpaired) electrons. The molecule has 1 unspecified atom stereocenters. The highest BCUT2D eigenvalue weighted by Gasteiger charge is 2.25. The van der Waals surface area contributed by atoms with Crippen molar-refractivity contribution in [1.29, 1.82) is 0 Å². The SMILES string of the molecule is COC(=O)/C=C1/S/C(=N\N=Cc2ccccc2CN2CCCC(C)C2)NC1=O. The maximum Gasteiger partial charge on any atom is 0.331 e. The average molecular weight is 401 g/mol. The quantitative estimate of drug-likeness (QED) is 0.355. The standard InChI is InChI=1S/C20H24N4O3S/c1-14-6-5-9-24(12-14)13-16-8-4-3-7-15(16)11-21-23-20-22-19(26)17(28-20)10-18(25)27-2/h3-4,7-8,10-11,14H,5-6,9,12-13H2,1-2H3,(H,22,23,26)/b17-10+,21-11?. The third kappa shape index (κ3) is 5.53. The van der Waals surface area contributed by atoms with Gasteiger partial charge in [0, 0.05) is 19.2 Å². The first-order valence-corrected chi connectivity index (χ1v) is 10.1. The Bertz CT molecular complexity index is 834. The van der Waals surface area contributed by atoms with Gasteiger partial charge in [0.15, 0.2) is 5.17 Å². The molecule has 2 heterocycles. The van der Waals surface area contributed by atoms with Crippen molar-refractivity contribution in [3.63, 3.8) is 0 Å². The number of amidine groups is 1. The molecular weight excluding hydrogens is 376 g/mol. The summed E-state index contributed by atoms with van der Waals surface area (Å²) < 4.78 is 4.53. The zero-order chi connectivity index (χ0) is 19.9. The van der Waals surface area contributed by atoms with Gasteiger partial charge in [0.05, 0.1) is 18.2 Å². The van der Waals surface area contributed by atoms with E-state index in [2.05, 4.69) is 38.1 Å². The molecule has 3 rings (SSSR count). The number of thioether (sulfide) groups is 1. The Morgan fingerprint density at radius 1 is 1.43 bits per heavy atom. The molecule has 1 aromatic rings. The molecule has 1 atom stereocenters. The second-order valence-electron chi connectivity index (χ2n) is 6.92. The molecule has 0 spiro atoms. The fourth-order valence-corrected chi connectivity index (χ4v) is 4.00. The highest BCUT2D eigenvalue weighted by molar-refractivity contribution is 8.18. The minimum atomic E-state index is -0.580. The van der Waals surface area contributed by atoms with Gasteiger partial charge in [0.25, 0.3) is 5.91 Å². The van der Waals surface area contributed by atoms with Crippen LogP contribution in [0.1, 0.15) is 30.9 Å². The minimum Gasteiger partial charge on any atom is -0.466 e. The maximum atomic E-state index is 11.8. The van der Waals surface area contributed by atoms with Crippen LogP contribution in [0.4, 0.5) is 0 Å². The van der Waals surface area contributed by atoms with Gasteiger partial charge >= 0.3 is 5.97 Å². The number of piperidine rings is 1. The summed E-state index contributed by atoms with van der Waals surface area (Å²) in [5.74, 6) is -0.233. The first-order valence-electron chi connectivity index (χ1n) is 9.25. The minimum absolute atomic E-state index is 0.236. The van der Waals surface area contributed by atoms with E-state index >= 15 is 0 Å². The van der Waals surface area contributed by atoms with Gasteiger partial charge in [-0.05, 0) is 48.2 Å². The smallest absolute Gasteiger partial charge is 0.331 e. The molecule has 1 N–H and O–H groups in total. The van der Waals surface area contributed by atoms with E-state index in [1.54, 1.807) is 6.21 Å².